The number of methoxy groups -OCH3 is 1. The van der Waals surface area contributed by atoms with Crippen LogP contribution in [0.15, 0.2) is 79.0 Å². The normalized spacial score (nSPS) is 18.5. The fraction of sp³-hybridized carbons (Fsp3) is 0.0556. The van der Waals surface area contributed by atoms with E-state index in [1.165, 1.54) is 13.4 Å². The third kappa shape index (κ3) is 4.14. The molecule has 0 radical (unpaired) electrons. The van der Waals surface area contributed by atoms with Gasteiger partial charge in [-0.05, 0) is 35.9 Å². The number of anilines is 1. The predicted molar refractivity (Wildman–Crippen MR) is 90.6 cm³/mol. The van der Waals surface area contributed by atoms with Crippen LogP contribution in [0.3, 0.4) is 0 Å². The van der Waals surface area contributed by atoms with Crippen LogP contribution in [0.25, 0.3) is 0 Å². The molecule has 0 unspecified atom stereocenters. The average Bonchev–Trinajstić information content (AvgIpc) is 2.51. The lowest BCUT2D eigenvalue weighted by atomic mass is 10.1. The molecule has 1 aromatic rings. The van der Waals surface area contributed by atoms with Gasteiger partial charge in [0.2, 0.25) is 0 Å². The van der Waals surface area contributed by atoms with Crippen LogP contribution in [0.1, 0.15) is 10.4 Å². The maximum absolute atomic E-state index is 12.4. The molecule has 0 fully saturated rings. The van der Waals surface area contributed by atoms with Crippen LogP contribution in [0.4, 0.5) is 5.69 Å². The van der Waals surface area contributed by atoms with E-state index >= 15 is 0 Å². The molecule has 0 aromatic heterocycles. The van der Waals surface area contributed by atoms with Crippen LogP contribution in [-0.4, -0.2) is 13.0 Å². The standard InChI is InChI=1S/C18H18N2O3/c1-12-6-4-5-9-23-17(10-12)13(2)20-18(21)15-11-14(22-3)7-8-16(15)19/h4-11H,1-2,19H2,3H3,(H,20,21)/b6-4-,9-5-,17-10-. The molecule has 0 bridgehead atoms. The fourth-order valence-corrected chi connectivity index (χ4v) is 1.87. The molecule has 1 aromatic carbocycles. The first-order valence-electron chi connectivity index (χ1n) is 6.86. The number of hydrogen-bond donors (Lipinski definition) is 2. The Labute approximate surface area is 135 Å². The molecule has 5 nitrogen and oxygen atoms in total. The molecule has 23 heavy (non-hydrogen) atoms. The second kappa shape index (κ2) is 7.17. The van der Waals surface area contributed by atoms with E-state index in [2.05, 4.69) is 18.5 Å². The highest BCUT2D eigenvalue weighted by molar-refractivity contribution is 6.00. The molecule has 1 heterocycles. The van der Waals surface area contributed by atoms with Crippen LogP contribution in [-0.2, 0) is 4.74 Å². The van der Waals surface area contributed by atoms with Crippen molar-refractivity contribution in [2.24, 2.45) is 0 Å². The molecule has 2 rings (SSSR count). The number of amides is 1. The van der Waals surface area contributed by atoms with Crippen molar-refractivity contribution < 1.29 is 14.3 Å². The minimum absolute atomic E-state index is 0.297. The number of nitrogens with two attached hydrogens (primary N) is 1. The molecule has 0 spiro atoms. The van der Waals surface area contributed by atoms with Crippen molar-refractivity contribution in [1.29, 1.82) is 0 Å². The minimum Gasteiger partial charge on any atom is -0.497 e. The Kier molecular flexibility index (Phi) is 5.04. The lowest BCUT2D eigenvalue weighted by Gasteiger charge is -2.14. The lowest BCUT2D eigenvalue weighted by molar-refractivity contribution is 0.0964. The molecule has 5 heteroatoms. The smallest absolute Gasteiger partial charge is 0.257 e. The molecule has 1 amide bonds. The Morgan fingerprint density at radius 1 is 1.35 bits per heavy atom. The van der Waals surface area contributed by atoms with Gasteiger partial charge in [-0.2, -0.15) is 0 Å². The summed E-state index contributed by atoms with van der Waals surface area (Å²) in [5.74, 6) is 0.534. The Morgan fingerprint density at radius 3 is 2.87 bits per heavy atom. The van der Waals surface area contributed by atoms with E-state index in [0.717, 1.165) is 5.57 Å². The lowest BCUT2D eigenvalue weighted by Crippen LogP contribution is -2.24. The third-order valence-corrected chi connectivity index (χ3v) is 3.08. The van der Waals surface area contributed by atoms with Gasteiger partial charge in [-0.15, -0.1) is 0 Å². The number of ether oxygens (including phenoxy) is 2. The number of nitrogen functional groups attached to an aromatic ring is 1. The first-order chi connectivity index (χ1) is 11.0. The number of carbonyl (C=O) groups excluding carboxylic acids is 1. The number of hydrogen-bond acceptors (Lipinski definition) is 4. The maximum Gasteiger partial charge on any atom is 0.257 e. The van der Waals surface area contributed by atoms with Gasteiger partial charge < -0.3 is 20.5 Å². The summed E-state index contributed by atoms with van der Waals surface area (Å²) in [5.41, 5.74) is 7.51. The molecular weight excluding hydrogens is 292 g/mol. The van der Waals surface area contributed by atoms with Crippen molar-refractivity contribution in [3.8, 4) is 5.75 Å². The topological polar surface area (TPSA) is 73.6 Å². The molecule has 0 saturated carbocycles. The third-order valence-electron chi connectivity index (χ3n) is 3.08. The fourth-order valence-electron chi connectivity index (χ4n) is 1.87. The summed E-state index contributed by atoms with van der Waals surface area (Å²) in [7, 11) is 1.52. The van der Waals surface area contributed by atoms with Crippen molar-refractivity contribution in [2.75, 3.05) is 12.8 Å². The molecule has 0 atom stereocenters. The minimum atomic E-state index is -0.400. The zero-order chi connectivity index (χ0) is 16.8. The van der Waals surface area contributed by atoms with Crippen molar-refractivity contribution in [1.82, 2.24) is 5.32 Å². The number of carbonyl (C=O) groups is 1. The quantitative estimate of drug-likeness (QED) is 0.838. The van der Waals surface area contributed by atoms with Gasteiger partial charge in [0, 0.05) is 5.69 Å². The second-order valence-corrected chi connectivity index (χ2v) is 4.77. The number of nitrogens with one attached hydrogen (secondary N) is 1. The largest absolute Gasteiger partial charge is 0.497 e. The number of benzene rings is 1. The highest BCUT2D eigenvalue weighted by atomic mass is 16.5. The van der Waals surface area contributed by atoms with E-state index in [0.29, 0.717) is 28.5 Å². The molecular formula is C18H18N2O3. The van der Waals surface area contributed by atoms with Gasteiger partial charge in [0.25, 0.3) is 5.91 Å². The van der Waals surface area contributed by atoms with E-state index in [4.69, 9.17) is 15.2 Å². The van der Waals surface area contributed by atoms with E-state index in [1.807, 2.05) is 6.08 Å². The maximum atomic E-state index is 12.4. The highest BCUT2D eigenvalue weighted by Crippen LogP contribution is 2.20. The van der Waals surface area contributed by atoms with Crippen LogP contribution in [0.2, 0.25) is 0 Å². The average molecular weight is 310 g/mol. The summed E-state index contributed by atoms with van der Waals surface area (Å²) in [6, 6.07) is 4.85. The van der Waals surface area contributed by atoms with Gasteiger partial charge in [-0.1, -0.05) is 25.3 Å². The van der Waals surface area contributed by atoms with Gasteiger partial charge in [-0.25, -0.2) is 0 Å². The summed E-state index contributed by atoms with van der Waals surface area (Å²) >= 11 is 0. The first kappa shape index (κ1) is 16.2. The van der Waals surface area contributed by atoms with Crippen molar-refractivity contribution >= 4 is 11.6 Å². The molecule has 1 aliphatic rings. The van der Waals surface area contributed by atoms with Gasteiger partial charge in [0.15, 0.2) is 0 Å². The second-order valence-electron chi connectivity index (χ2n) is 4.77. The predicted octanol–water partition coefficient (Wildman–Crippen LogP) is 3.06. The Morgan fingerprint density at radius 2 is 2.13 bits per heavy atom. The summed E-state index contributed by atoms with van der Waals surface area (Å²) in [6.45, 7) is 7.68. The molecule has 0 aliphatic carbocycles. The summed E-state index contributed by atoms with van der Waals surface area (Å²) in [5, 5.41) is 2.67. The summed E-state index contributed by atoms with van der Waals surface area (Å²) in [4.78, 5) is 12.4. The van der Waals surface area contributed by atoms with E-state index in [-0.39, 0.29) is 0 Å². The van der Waals surface area contributed by atoms with Crippen molar-refractivity contribution in [3.63, 3.8) is 0 Å². The number of rotatable bonds is 4. The zero-order valence-corrected chi connectivity index (χ0v) is 12.8. The SMILES string of the molecule is C=C1/C=C\C=C/O/C(C(=C)NC(=O)c2cc(OC)ccc2N)=C\1. The monoisotopic (exact) mass is 310 g/mol. The van der Waals surface area contributed by atoms with Gasteiger partial charge >= 0.3 is 0 Å². The van der Waals surface area contributed by atoms with E-state index in [9.17, 15) is 4.79 Å². The Hall–Kier alpha value is -3.21. The Bertz CT molecular complexity index is 743. The van der Waals surface area contributed by atoms with E-state index in [1.54, 1.807) is 36.4 Å². The highest BCUT2D eigenvalue weighted by Gasteiger charge is 2.14. The summed E-state index contributed by atoms with van der Waals surface area (Å²) < 4.78 is 10.5. The summed E-state index contributed by atoms with van der Waals surface area (Å²) in [6.07, 6.45) is 8.50. The first-order valence-corrected chi connectivity index (χ1v) is 6.86. The molecule has 118 valence electrons. The van der Waals surface area contributed by atoms with Gasteiger partial charge in [-0.3, -0.25) is 4.79 Å². The molecule has 1 aliphatic heterocycles. The van der Waals surface area contributed by atoms with Crippen LogP contribution in [0.5, 0.6) is 5.75 Å². The van der Waals surface area contributed by atoms with Gasteiger partial charge in [0.05, 0.1) is 24.6 Å². The van der Waals surface area contributed by atoms with Crippen LogP contribution >= 0.6 is 0 Å². The molecule has 0 saturated heterocycles. The van der Waals surface area contributed by atoms with Gasteiger partial charge in [0.1, 0.15) is 11.5 Å². The molecule has 3 N–H and O–H groups in total. The van der Waals surface area contributed by atoms with Crippen molar-refractivity contribution in [3.05, 3.63) is 84.5 Å². The van der Waals surface area contributed by atoms with Crippen molar-refractivity contribution in [2.45, 2.75) is 0 Å². The Balaban J connectivity index is 2.18. The van der Waals surface area contributed by atoms with Crippen LogP contribution in [0, 0.1) is 0 Å². The zero-order valence-electron chi connectivity index (χ0n) is 12.8. The van der Waals surface area contributed by atoms with E-state index < -0.39 is 5.91 Å². The number of allylic oxidation sites excluding steroid dienone is 5. The van der Waals surface area contributed by atoms with Crippen LogP contribution < -0.4 is 15.8 Å².